The summed E-state index contributed by atoms with van der Waals surface area (Å²) in [4.78, 5) is 20.8. The summed E-state index contributed by atoms with van der Waals surface area (Å²) in [5, 5.41) is 9.62. The Balaban J connectivity index is 3.58. The summed E-state index contributed by atoms with van der Waals surface area (Å²) >= 11 is 12.6. The van der Waals surface area contributed by atoms with Gasteiger partial charge in [0.2, 0.25) is 0 Å². The van der Waals surface area contributed by atoms with E-state index in [-0.39, 0.29) is 10.6 Å². The molecule has 0 heterocycles. The number of rotatable bonds is 2. The van der Waals surface area contributed by atoms with E-state index in [9.17, 15) is 14.9 Å². The van der Waals surface area contributed by atoms with Gasteiger partial charge in [-0.05, 0) is 46.3 Å². The number of hydrogen-bond acceptors (Lipinski definition) is 3. The van der Waals surface area contributed by atoms with Gasteiger partial charge >= 0.3 is 5.69 Å². The average Bonchev–Trinajstić information content (AvgIpc) is 2.07. The van der Waals surface area contributed by atoms with Crippen molar-refractivity contribution in [1.29, 1.82) is 0 Å². The number of hydrogen-bond donors (Lipinski definition) is 0. The molecule has 0 spiro atoms. The first-order valence-electron chi connectivity index (χ1n) is 3.27. The molecule has 0 aromatic heterocycles. The Bertz CT molecular complexity index is 383. The number of nitro benzene ring substituents is 1. The van der Waals surface area contributed by atoms with Crippen LogP contribution in [0, 0.1) is 13.7 Å². The first-order chi connectivity index (χ1) is 6.45. The predicted molar refractivity (Wildman–Crippen MR) is 61.0 cm³/mol. The van der Waals surface area contributed by atoms with Crippen molar-refractivity contribution in [3.8, 4) is 0 Å². The van der Waals surface area contributed by atoms with E-state index in [0.717, 1.165) is 0 Å². The standard InChI is InChI=1S/C7H2Cl2INO3/c8-3-1-2-4(10)5(7(9)12)6(3)11(13)14/h1-2H. The number of nitro groups is 1. The molecule has 0 amide bonds. The summed E-state index contributed by atoms with van der Waals surface area (Å²) in [6.07, 6.45) is 0. The van der Waals surface area contributed by atoms with Gasteiger partial charge in [-0.3, -0.25) is 14.9 Å². The maximum atomic E-state index is 10.9. The maximum Gasteiger partial charge on any atom is 0.301 e. The van der Waals surface area contributed by atoms with Crippen molar-refractivity contribution in [2.45, 2.75) is 0 Å². The molecule has 1 aromatic carbocycles. The third-order valence-electron chi connectivity index (χ3n) is 1.46. The van der Waals surface area contributed by atoms with Crippen LogP contribution in [-0.2, 0) is 0 Å². The minimum Gasteiger partial charge on any atom is -0.275 e. The Hall–Kier alpha value is -0.400. The predicted octanol–water partition coefficient (Wildman–Crippen LogP) is 3.23. The van der Waals surface area contributed by atoms with Gasteiger partial charge in [0, 0.05) is 3.57 Å². The van der Waals surface area contributed by atoms with Crippen LogP contribution in [0.3, 0.4) is 0 Å². The second kappa shape index (κ2) is 4.41. The maximum absolute atomic E-state index is 10.9. The largest absolute Gasteiger partial charge is 0.301 e. The smallest absolute Gasteiger partial charge is 0.275 e. The van der Waals surface area contributed by atoms with Crippen LogP contribution in [-0.4, -0.2) is 10.2 Å². The van der Waals surface area contributed by atoms with Crippen molar-refractivity contribution in [3.05, 3.63) is 36.4 Å². The summed E-state index contributed by atoms with van der Waals surface area (Å²) in [6.45, 7) is 0. The van der Waals surface area contributed by atoms with E-state index in [1.54, 1.807) is 22.6 Å². The van der Waals surface area contributed by atoms with Crippen LogP contribution in [0.1, 0.15) is 10.4 Å². The van der Waals surface area contributed by atoms with Crippen LogP contribution < -0.4 is 0 Å². The molecule has 1 aromatic rings. The molecule has 0 aliphatic carbocycles. The second-order valence-corrected chi connectivity index (χ2v) is 4.20. The molecule has 0 aliphatic heterocycles. The summed E-state index contributed by atoms with van der Waals surface area (Å²) in [5.41, 5.74) is -0.608. The quantitative estimate of drug-likeness (QED) is 0.358. The van der Waals surface area contributed by atoms with Crippen LogP contribution in [0.15, 0.2) is 12.1 Å². The van der Waals surface area contributed by atoms with Gasteiger partial charge in [-0.15, -0.1) is 0 Å². The fourth-order valence-electron chi connectivity index (χ4n) is 0.907. The molecule has 0 saturated heterocycles. The molecule has 0 saturated carbocycles. The SMILES string of the molecule is O=C(Cl)c1c(I)ccc(Cl)c1[N+](=O)[O-]. The Morgan fingerprint density at radius 3 is 2.43 bits per heavy atom. The van der Waals surface area contributed by atoms with E-state index < -0.39 is 15.9 Å². The Morgan fingerprint density at radius 2 is 2.07 bits per heavy atom. The zero-order valence-corrected chi connectivity index (χ0v) is 10.1. The van der Waals surface area contributed by atoms with Crippen molar-refractivity contribution >= 4 is 56.7 Å². The van der Waals surface area contributed by atoms with Gasteiger partial charge < -0.3 is 0 Å². The van der Waals surface area contributed by atoms with E-state index in [1.807, 2.05) is 0 Å². The lowest BCUT2D eigenvalue weighted by Crippen LogP contribution is -2.01. The van der Waals surface area contributed by atoms with E-state index in [2.05, 4.69) is 0 Å². The molecule has 0 radical (unpaired) electrons. The number of nitrogens with zero attached hydrogens (tertiary/aromatic N) is 1. The minimum atomic E-state index is -0.886. The van der Waals surface area contributed by atoms with Gasteiger partial charge in [0.05, 0.1) is 4.92 Å². The highest BCUT2D eigenvalue weighted by molar-refractivity contribution is 14.1. The Labute approximate surface area is 102 Å². The molecule has 0 bridgehead atoms. The fourth-order valence-corrected chi connectivity index (χ4v) is 2.16. The summed E-state index contributed by atoms with van der Waals surface area (Å²) in [5.74, 6) is 0. The van der Waals surface area contributed by atoms with Crippen LogP contribution in [0.4, 0.5) is 5.69 Å². The van der Waals surface area contributed by atoms with Gasteiger partial charge in [-0.1, -0.05) is 11.6 Å². The topological polar surface area (TPSA) is 60.2 Å². The molecule has 0 fully saturated rings. The molecule has 0 N–H and O–H groups in total. The highest BCUT2D eigenvalue weighted by Crippen LogP contribution is 2.32. The number of carbonyl (C=O) groups is 1. The van der Waals surface area contributed by atoms with E-state index >= 15 is 0 Å². The molecule has 0 atom stereocenters. The van der Waals surface area contributed by atoms with Gasteiger partial charge in [0.25, 0.3) is 5.24 Å². The van der Waals surface area contributed by atoms with Crippen LogP contribution in [0.2, 0.25) is 5.02 Å². The number of halogens is 3. The molecule has 1 rings (SSSR count). The van der Waals surface area contributed by atoms with Gasteiger partial charge in [0.15, 0.2) is 0 Å². The monoisotopic (exact) mass is 345 g/mol. The molecular formula is C7H2Cl2INO3. The molecule has 14 heavy (non-hydrogen) atoms. The van der Waals surface area contributed by atoms with Crippen molar-refractivity contribution in [2.24, 2.45) is 0 Å². The van der Waals surface area contributed by atoms with E-state index in [4.69, 9.17) is 23.2 Å². The Kier molecular flexibility index (Phi) is 3.68. The molecule has 0 unspecified atom stereocenters. The highest BCUT2D eigenvalue weighted by Gasteiger charge is 2.25. The molecule has 0 aliphatic rings. The first-order valence-corrected chi connectivity index (χ1v) is 5.11. The van der Waals surface area contributed by atoms with Crippen LogP contribution >= 0.6 is 45.8 Å². The summed E-state index contributed by atoms with van der Waals surface area (Å²) < 4.78 is 0.402. The van der Waals surface area contributed by atoms with Crippen molar-refractivity contribution in [3.63, 3.8) is 0 Å². The fraction of sp³-hybridized carbons (Fsp3) is 0. The average molecular weight is 346 g/mol. The molecule has 7 heteroatoms. The van der Waals surface area contributed by atoms with E-state index in [0.29, 0.717) is 3.57 Å². The molecule has 4 nitrogen and oxygen atoms in total. The lowest BCUT2D eigenvalue weighted by molar-refractivity contribution is -0.385. The third-order valence-corrected chi connectivity index (χ3v) is 2.85. The van der Waals surface area contributed by atoms with Crippen molar-refractivity contribution < 1.29 is 9.72 Å². The zero-order valence-electron chi connectivity index (χ0n) is 6.46. The van der Waals surface area contributed by atoms with Crippen molar-refractivity contribution in [2.75, 3.05) is 0 Å². The molecular weight excluding hydrogens is 344 g/mol. The van der Waals surface area contributed by atoms with Crippen molar-refractivity contribution in [1.82, 2.24) is 0 Å². The number of benzene rings is 1. The molecule has 74 valence electrons. The van der Waals surface area contributed by atoms with Crippen LogP contribution in [0.5, 0.6) is 0 Å². The lowest BCUT2D eigenvalue weighted by atomic mass is 10.2. The van der Waals surface area contributed by atoms with Crippen LogP contribution in [0.25, 0.3) is 0 Å². The summed E-state index contributed by atoms with van der Waals surface area (Å²) in [6, 6.07) is 2.84. The zero-order chi connectivity index (χ0) is 10.9. The van der Waals surface area contributed by atoms with E-state index in [1.165, 1.54) is 12.1 Å². The second-order valence-electron chi connectivity index (χ2n) is 2.28. The third kappa shape index (κ3) is 2.15. The van der Waals surface area contributed by atoms with Gasteiger partial charge in [-0.25, -0.2) is 0 Å². The first kappa shape index (κ1) is 11.7. The normalized spacial score (nSPS) is 9.93. The highest BCUT2D eigenvalue weighted by atomic mass is 127. The summed E-state index contributed by atoms with van der Waals surface area (Å²) in [7, 11) is 0. The number of carbonyl (C=O) groups excluding carboxylic acids is 1. The lowest BCUT2D eigenvalue weighted by Gasteiger charge is -2.01. The van der Waals surface area contributed by atoms with Gasteiger partial charge in [0.1, 0.15) is 10.6 Å². The Morgan fingerprint density at radius 1 is 1.50 bits per heavy atom. The minimum absolute atomic E-state index is 0.0978. The van der Waals surface area contributed by atoms with Gasteiger partial charge in [-0.2, -0.15) is 0 Å².